The van der Waals surface area contributed by atoms with E-state index < -0.39 is 7.60 Å². The van der Waals surface area contributed by atoms with Gasteiger partial charge >= 0.3 is 7.60 Å². The molecule has 0 bridgehead atoms. The van der Waals surface area contributed by atoms with Gasteiger partial charge in [0.2, 0.25) is 0 Å². The monoisotopic (exact) mass is 256 g/mol. The van der Waals surface area contributed by atoms with Crippen molar-refractivity contribution in [3.05, 3.63) is 28.8 Å². The van der Waals surface area contributed by atoms with Gasteiger partial charge in [-0.1, -0.05) is 19.9 Å². The van der Waals surface area contributed by atoms with Gasteiger partial charge in [-0.2, -0.15) is 0 Å². The zero-order valence-electron chi connectivity index (χ0n) is 10.9. The van der Waals surface area contributed by atoms with Crippen molar-refractivity contribution >= 4 is 12.9 Å². The third kappa shape index (κ3) is 3.95. The number of benzene rings is 1. The summed E-state index contributed by atoms with van der Waals surface area (Å²) in [6, 6.07) is 3.60. The van der Waals surface area contributed by atoms with Gasteiger partial charge in [-0.15, -0.1) is 0 Å². The van der Waals surface area contributed by atoms with Gasteiger partial charge in [0, 0.05) is 0 Å². The summed E-state index contributed by atoms with van der Waals surface area (Å²) in [5, 5.41) is 0.204. The Hall–Kier alpha value is -0.630. The van der Waals surface area contributed by atoms with E-state index >= 15 is 0 Å². The number of hydrogen-bond donors (Lipinski definition) is 2. The molecule has 3 nitrogen and oxygen atoms in total. The molecule has 0 amide bonds. The molecule has 0 aromatic heterocycles. The third-order valence-electron chi connectivity index (χ3n) is 2.88. The van der Waals surface area contributed by atoms with Gasteiger partial charge in [0.05, 0.1) is 5.30 Å². The molecule has 1 rings (SSSR count). The van der Waals surface area contributed by atoms with E-state index in [1.165, 1.54) is 0 Å². The molecule has 0 spiro atoms. The first kappa shape index (κ1) is 14.4. The molecule has 0 atom stereocenters. The van der Waals surface area contributed by atoms with Crippen LogP contribution in [0.15, 0.2) is 12.1 Å². The molecule has 0 saturated carbocycles. The summed E-state index contributed by atoms with van der Waals surface area (Å²) in [7, 11) is -4.17. The van der Waals surface area contributed by atoms with Crippen molar-refractivity contribution in [2.45, 2.75) is 40.5 Å². The standard InChI is InChI=1S/C13H21O3P/c1-9(2)5-6-12-11(4)7-10(3)8-13(12)17(14,15)16/h7-9H,5-6H2,1-4H3,(H2,14,15,16). The molecule has 4 heteroatoms. The second-order valence-corrected chi connectivity index (χ2v) is 6.63. The molecule has 0 radical (unpaired) electrons. The van der Waals surface area contributed by atoms with Crippen molar-refractivity contribution in [2.75, 3.05) is 0 Å². The molecule has 0 heterocycles. The Morgan fingerprint density at radius 1 is 1.24 bits per heavy atom. The van der Waals surface area contributed by atoms with Crippen LogP contribution in [-0.4, -0.2) is 9.79 Å². The van der Waals surface area contributed by atoms with E-state index in [1.807, 2.05) is 19.9 Å². The molecule has 0 fully saturated rings. The van der Waals surface area contributed by atoms with E-state index in [9.17, 15) is 14.4 Å². The van der Waals surface area contributed by atoms with Crippen LogP contribution < -0.4 is 5.30 Å². The van der Waals surface area contributed by atoms with Gasteiger partial charge in [0.1, 0.15) is 0 Å². The zero-order valence-corrected chi connectivity index (χ0v) is 11.8. The maximum atomic E-state index is 11.5. The van der Waals surface area contributed by atoms with Crippen LogP contribution in [0.5, 0.6) is 0 Å². The Morgan fingerprint density at radius 3 is 2.29 bits per heavy atom. The van der Waals surface area contributed by atoms with Gasteiger partial charge < -0.3 is 9.79 Å². The first-order valence-corrected chi connectivity index (χ1v) is 7.49. The minimum Gasteiger partial charge on any atom is -0.321 e. The Kier molecular flexibility index (Phi) is 4.54. The van der Waals surface area contributed by atoms with Crippen molar-refractivity contribution in [3.63, 3.8) is 0 Å². The summed E-state index contributed by atoms with van der Waals surface area (Å²) in [6.07, 6.45) is 1.67. The quantitative estimate of drug-likeness (QED) is 0.814. The average Bonchev–Trinajstić information content (AvgIpc) is 2.13. The van der Waals surface area contributed by atoms with Crippen LogP contribution in [0.2, 0.25) is 0 Å². The summed E-state index contributed by atoms with van der Waals surface area (Å²) in [6.45, 7) is 8.00. The minimum atomic E-state index is -4.17. The highest BCUT2D eigenvalue weighted by atomic mass is 31.2. The highest BCUT2D eigenvalue weighted by molar-refractivity contribution is 7.60. The van der Waals surface area contributed by atoms with Crippen molar-refractivity contribution in [1.29, 1.82) is 0 Å². The van der Waals surface area contributed by atoms with Crippen LogP contribution in [-0.2, 0) is 11.0 Å². The Labute approximate surface area is 103 Å². The Balaban J connectivity index is 3.21. The van der Waals surface area contributed by atoms with Gasteiger partial charge in [-0.3, -0.25) is 4.57 Å². The van der Waals surface area contributed by atoms with Gasteiger partial charge in [0.25, 0.3) is 0 Å². The summed E-state index contributed by atoms with van der Waals surface area (Å²) < 4.78 is 11.5. The summed E-state index contributed by atoms with van der Waals surface area (Å²) in [4.78, 5) is 18.8. The highest BCUT2D eigenvalue weighted by Crippen LogP contribution is 2.36. The Bertz CT molecular complexity index is 446. The minimum absolute atomic E-state index is 0.204. The first-order chi connectivity index (χ1) is 7.71. The molecule has 0 saturated heterocycles. The largest absolute Gasteiger partial charge is 0.356 e. The van der Waals surface area contributed by atoms with Crippen LogP contribution in [0.3, 0.4) is 0 Å². The van der Waals surface area contributed by atoms with Gasteiger partial charge in [0.15, 0.2) is 0 Å². The van der Waals surface area contributed by atoms with E-state index in [0.29, 0.717) is 5.92 Å². The van der Waals surface area contributed by atoms with Gasteiger partial charge in [-0.05, 0) is 55.4 Å². The molecule has 96 valence electrons. The average molecular weight is 256 g/mol. The molecule has 0 unspecified atom stereocenters. The molecule has 1 aromatic carbocycles. The lowest BCUT2D eigenvalue weighted by atomic mass is 9.98. The third-order valence-corrected chi connectivity index (χ3v) is 3.91. The maximum Gasteiger partial charge on any atom is 0.356 e. The zero-order chi connectivity index (χ0) is 13.2. The number of aryl methyl sites for hydroxylation is 2. The van der Waals surface area contributed by atoms with Crippen molar-refractivity contribution in [1.82, 2.24) is 0 Å². The topological polar surface area (TPSA) is 57.5 Å². The highest BCUT2D eigenvalue weighted by Gasteiger charge is 2.22. The fourth-order valence-electron chi connectivity index (χ4n) is 1.99. The fraction of sp³-hybridized carbons (Fsp3) is 0.538. The lowest BCUT2D eigenvalue weighted by Crippen LogP contribution is -2.14. The summed E-state index contributed by atoms with van der Waals surface area (Å²) in [5.74, 6) is 0.528. The lowest BCUT2D eigenvalue weighted by molar-refractivity contribution is 0.387. The lowest BCUT2D eigenvalue weighted by Gasteiger charge is -2.16. The van der Waals surface area contributed by atoms with Crippen LogP contribution >= 0.6 is 7.60 Å². The van der Waals surface area contributed by atoms with Crippen molar-refractivity contribution < 1.29 is 14.4 Å². The maximum absolute atomic E-state index is 11.5. The van der Waals surface area contributed by atoms with Crippen LogP contribution in [0.1, 0.15) is 37.0 Å². The van der Waals surface area contributed by atoms with Gasteiger partial charge in [-0.25, -0.2) is 0 Å². The van der Waals surface area contributed by atoms with E-state index in [4.69, 9.17) is 0 Å². The second-order valence-electron chi connectivity index (χ2n) is 5.06. The molecule has 0 aliphatic carbocycles. The fourth-order valence-corrected chi connectivity index (χ4v) is 3.00. The van der Waals surface area contributed by atoms with E-state index in [-0.39, 0.29) is 5.30 Å². The molecule has 0 aliphatic heterocycles. The molecular formula is C13H21O3P. The SMILES string of the molecule is Cc1cc(C)c(CCC(C)C)c(P(=O)(O)O)c1. The number of rotatable bonds is 4. The molecule has 1 aromatic rings. The van der Waals surface area contributed by atoms with E-state index in [2.05, 4.69) is 13.8 Å². The van der Waals surface area contributed by atoms with Crippen LogP contribution in [0, 0.1) is 19.8 Å². The molecule has 2 N–H and O–H groups in total. The molecule has 17 heavy (non-hydrogen) atoms. The van der Waals surface area contributed by atoms with Crippen LogP contribution in [0.4, 0.5) is 0 Å². The molecular weight excluding hydrogens is 235 g/mol. The summed E-state index contributed by atoms with van der Waals surface area (Å²) in [5.41, 5.74) is 2.69. The second kappa shape index (κ2) is 5.34. The predicted octanol–water partition coefficient (Wildman–Crippen LogP) is 2.70. The van der Waals surface area contributed by atoms with Crippen molar-refractivity contribution in [2.24, 2.45) is 5.92 Å². The van der Waals surface area contributed by atoms with Crippen molar-refractivity contribution in [3.8, 4) is 0 Å². The number of hydrogen-bond acceptors (Lipinski definition) is 1. The van der Waals surface area contributed by atoms with E-state index in [1.54, 1.807) is 6.07 Å². The first-order valence-electron chi connectivity index (χ1n) is 5.88. The normalized spacial score (nSPS) is 12.2. The smallest absolute Gasteiger partial charge is 0.321 e. The summed E-state index contributed by atoms with van der Waals surface area (Å²) >= 11 is 0. The van der Waals surface area contributed by atoms with Crippen LogP contribution in [0.25, 0.3) is 0 Å². The Morgan fingerprint density at radius 2 is 1.82 bits per heavy atom. The molecule has 0 aliphatic rings. The predicted molar refractivity (Wildman–Crippen MR) is 70.8 cm³/mol. The van der Waals surface area contributed by atoms with E-state index in [0.717, 1.165) is 29.5 Å².